The number of hydrogen-bond donors (Lipinski definition) is 0. The molecule has 0 radical (unpaired) electrons. The lowest BCUT2D eigenvalue weighted by molar-refractivity contribution is -0.116. The molecule has 2 rings (SSSR count). The summed E-state index contributed by atoms with van der Waals surface area (Å²) in [6.07, 6.45) is 3.49. The van der Waals surface area contributed by atoms with Crippen molar-refractivity contribution >= 4 is 27.5 Å². The Bertz CT molecular complexity index is 598. The fourth-order valence-electron chi connectivity index (χ4n) is 1.87. The first kappa shape index (κ1) is 13.7. The Hall–Kier alpha value is -1.68. The van der Waals surface area contributed by atoms with E-state index in [2.05, 4.69) is 20.9 Å². The summed E-state index contributed by atoms with van der Waals surface area (Å²) >= 11 is 3.51. The fourth-order valence-corrected chi connectivity index (χ4v) is 2.28. The maximum absolute atomic E-state index is 11.9. The van der Waals surface area contributed by atoms with Crippen LogP contribution in [0.15, 0.2) is 47.2 Å². The predicted octanol–water partition coefficient (Wildman–Crippen LogP) is 3.71. The van der Waals surface area contributed by atoms with Crippen LogP contribution in [0.3, 0.4) is 0 Å². The van der Waals surface area contributed by atoms with Crippen LogP contribution in [0.1, 0.15) is 18.1 Å². The molecular weight excluding hydrogens is 304 g/mol. The first-order valence-electron chi connectivity index (χ1n) is 6.01. The van der Waals surface area contributed by atoms with Crippen LogP contribution in [-0.2, 0) is 11.3 Å². The molecule has 1 heterocycles. The molecule has 0 spiro atoms. The van der Waals surface area contributed by atoms with Crippen molar-refractivity contribution in [2.45, 2.75) is 20.4 Å². The topological polar surface area (TPSA) is 33.2 Å². The Morgan fingerprint density at radius 3 is 2.68 bits per heavy atom. The third kappa shape index (κ3) is 3.41. The number of rotatable bonds is 3. The number of anilines is 1. The van der Waals surface area contributed by atoms with Crippen LogP contribution >= 0.6 is 15.9 Å². The van der Waals surface area contributed by atoms with E-state index in [9.17, 15) is 4.79 Å². The van der Waals surface area contributed by atoms with E-state index in [-0.39, 0.29) is 5.91 Å². The third-order valence-electron chi connectivity index (χ3n) is 2.84. The normalized spacial score (nSPS) is 10.3. The smallest absolute Gasteiger partial charge is 0.224 e. The highest BCUT2D eigenvalue weighted by Crippen LogP contribution is 2.22. The largest absolute Gasteiger partial charge is 0.307 e. The molecule has 0 aliphatic carbocycles. The molecule has 2 aromatic rings. The minimum atomic E-state index is 0.00292. The first-order valence-corrected chi connectivity index (χ1v) is 6.80. The monoisotopic (exact) mass is 318 g/mol. The first-order chi connectivity index (χ1) is 9.08. The van der Waals surface area contributed by atoms with Gasteiger partial charge in [0.1, 0.15) is 0 Å². The van der Waals surface area contributed by atoms with Crippen LogP contribution < -0.4 is 4.90 Å². The summed E-state index contributed by atoms with van der Waals surface area (Å²) in [5.74, 6) is 0.00292. The number of carbonyl (C=O) groups is 1. The van der Waals surface area contributed by atoms with Gasteiger partial charge in [0.15, 0.2) is 0 Å². The molecule has 0 aliphatic rings. The molecule has 0 unspecified atom stereocenters. The molecule has 4 heteroatoms. The molecule has 0 saturated heterocycles. The average Bonchev–Trinajstić information content (AvgIpc) is 2.37. The summed E-state index contributed by atoms with van der Waals surface area (Å²) < 4.78 is 1.00. The van der Waals surface area contributed by atoms with Gasteiger partial charge in [-0.05, 0) is 30.2 Å². The summed E-state index contributed by atoms with van der Waals surface area (Å²) in [5.41, 5.74) is 2.93. The van der Waals surface area contributed by atoms with Gasteiger partial charge in [0.25, 0.3) is 0 Å². The van der Waals surface area contributed by atoms with E-state index >= 15 is 0 Å². The lowest BCUT2D eigenvalue weighted by atomic mass is 10.2. The van der Waals surface area contributed by atoms with Crippen LogP contribution in [0.5, 0.6) is 0 Å². The van der Waals surface area contributed by atoms with Crippen LogP contribution in [0.25, 0.3) is 0 Å². The van der Waals surface area contributed by atoms with Gasteiger partial charge in [-0.15, -0.1) is 0 Å². The highest BCUT2D eigenvalue weighted by molar-refractivity contribution is 9.10. The van der Waals surface area contributed by atoms with Gasteiger partial charge in [-0.1, -0.05) is 34.1 Å². The van der Waals surface area contributed by atoms with Gasteiger partial charge in [0.05, 0.1) is 18.4 Å². The second-order valence-corrected chi connectivity index (χ2v) is 5.27. The van der Waals surface area contributed by atoms with Crippen molar-refractivity contribution in [3.05, 3.63) is 58.3 Å². The Morgan fingerprint density at radius 1 is 1.32 bits per heavy atom. The molecule has 19 heavy (non-hydrogen) atoms. The van der Waals surface area contributed by atoms with E-state index in [1.807, 2.05) is 37.3 Å². The van der Waals surface area contributed by atoms with Gasteiger partial charge >= 0.3 is 0 Å². The van der Waals surface area contributed by atoms with Crippen molar-refractivity contribution in [3.8, 4) is 0 Å². The standard InChI is InChI=1S/C15H15BrN2O/c1-11-7-14(9-17-8-11)18(12(2)19)10-13-5-3-4-6-15(13)16/h3-9H,10H2,1-2H3. The average molecular weight is 319 g/mol. The lowest BCUT2D eigenvalue weighted by Gasteiger charge is -2.22. The zero-order valence-electron chi connectivity index (χ0n) is 10.9. The molecule has 3 nitrogen and oxygen atoms in total. The number of aryl methyl sites for hydroxylation is 1. The van der Waals surface area contributed by atoms with Gasteiger partial charge in [-0.3, -0.25) is 9.78 Å². The number of nitrogens with zero attached hydrogens (tertiary/aromatic N) is 2. The van der Waals surface area contributed by atoms with E-state index in [1.54, 1.807) is 24.2 Å². The van der Waals surface area contributed by atoms with Crippen LogP contribution in [0.2, 0.25) is 0 Å². The van der Waals surface area contributed by atoms with Crippen molar-refractivity contribution in [2.75, 3.05) is 4.90 Å². The summed E-state index contributed by atoms with van der Waals surface area (Å²) in [4.78, 5) is 17.7. The molecule has 0 bridgehead atoms. The minimum Gasteiger partial charge on any atom is -0.307 e. The SMILES string of the molecule is CC(=O)N(Cc1ccccc1Br)c1cncc(C)c1. The van der Waals surface area contributed by atoms with E-state index in [4.69, 9.17) is 0 Å². The van der Waals surface area contributed by atoms with Gasteiger partial charge in [-0.25, -0.2) is 0 Å². The van der Waals surface area contributed by atoms with Crippen molar-refractivity contribution < 1.29 is 4.79 Å². The zero-order chi connectivity index (χ0) is 13.8. The molecule has 0 fully saturated rings. The number of carbonyl (C=O) groups excluding carboxylic acids is 1. The third-order valence-corrected chi connectivity index (χ3v) is 3.61. The molecule has 1 aromatic heterocycles. The van der Waals surface area contributed by atoms with Crippen molar-refractivity contribution in [1.29, 1.82) is 0 Å². The molecule has 1 amide bonds. The second kappa shape index (κ2) is 5.97. The Morgan fingerprint density at radius 2 is 2.05 bits per heavy atom. The van der Waals surface area contributed by atoms with Gasteiger partial charge < -0.3 is 4.90 Å². The number of hydrogen-bond acceptors (Lipinski definition) is 2. The zero-order valence-corrected chi connectivity index (χ0v) is 12.5. The minimum absolute atomic E-state index is 0.00292. The van der Waals surface area contributed by atoms with Crippen molar-refractivity contribution in [1.82, 2.24) is 4.98 Å². The van der Waals surface area contributed by atoms with E-state index in [0.717, 1.165) is 21.3 Å². The maximum atomic E-state index is 11.9. The van der Waals surface area contributed by atoms with E-state index in [0.29, 0.717) is 6.54 Å². The highest BCUT2D eigenvalue weighted by Gasteiger charge is 2.13. The number of amides is 1. The summed E-state index contributed by atoms with van der Waals surface area (Å²) in [7, 11) is 0. The molecule has 0 atom stereocenters. The fraction of sp³-hybridized carbons (Fsp3) is 0.200. The molecular formula is C15H15BrN2O. The van der Waals surface area contributed by atoms with Crippen LogP contribution in [-0.4, -0.2) is 10.9 Å². The predicted molar refractivity (Wildman–Crippen MR) is 80.0 cm³/mol. The number of aromatic nitrogens is 1. The maximum Gasteiger partial charge on any atom is 0.224 e. The molecule has 0 saturated carbocycles. The van der Waals surface area contributed by atoms with E-state index in [1.165, 1.54) is 0 Å². The van der Waals surface area contributed by atoms with Crippen LogP contribution in [0.4, 0.5) is 5.69 Å². The van der Waals surface area contributed by atoms with Gasteiger partial charge in [0.2, 0.25) is 5.91 Å². The number of pyridine rings is 1. The molecule has 0 N–H and O–H groups in total. The Kier molecular flexibility index (Phi) is 4.32. The Labute approximate surface area is 121 Å². The van der Waals surface area contributed by atoms with Crippen molar-refractivity contribution in [2.24, 2.45) is 0 Å². The number of halogens is 1. The summed E-state index contributed by atoms with van der Waals surface area (Å²) in [5, 5.41) is 0. The van der Waals surface area contributed by atoms with Crippen LogP contribution in [0, 0.1) is 6.92 Å². The van der Waals surface area contributed by atoms with Gasteiger partial charge in [0, 0.05) is 17.6 Å². The molecule has 1 aromatic carbocycles. The molecule has 98 valence electrons. The highest BCUT2D eigenvalue weighted by atomic mass is 79.9. The second-order valence-electron chi connectivity index (χ2n) is 4.42. The Balaban J connectivity index is 2.32. The quantitative estimate of drug-likeness (QED) is 0.864. The number of benzene rings is 1. The summed E-state index contributed by atoms with van der Waals surface area (Å²) in [6, 6.07) is 9.86. The molecule has 0 aliphatic heterocycles. The lowest BCUT2D eigenvalue weighted by Crippen LogP contribution is -2.28. The summed E-state index contributed by atoms with van der Waals surface area (Å²) in [6.45, 7) is 4.06. The van der Waals surface area contributed by atoms with Crippen molar-refractivity contribution in [3.63, 3.8) is 0 Å². The van der Waals surface area contributed by atoms with Gasteiger partial charge in [-0.2, -0.15) is 0 Å². The van der Waals surface area contributed by atoms with E-state index < -0.39 is 0 Å².